The highest BCUT2D eigenvalue weighted by Gasteiger charge is 2.23. The summed E-state index contributed by atoms with van der Waals surface area (Å²) in [6, 6.07) is 7.14. The lowest BCUT2D eigenvalue weighted by molar-refractivity contribution is 0.460. The van der Waals surface area contributed by atoms with E-state index in [0.29, 0.717) is 18.5 Å². The Bertz CT molecular complexity index is 791. The molecule has 1 heterocycles. The van der Waals surface area contributed by atoms with E-state index in [1.165, 1.54) is 37.8 Å². The zero-order valence-corrected chi connectivity index (χ0v) is 20.2. The molecule has 0 aliphatic heterocycles. The minimum atomic E-state index is -0.224. The summed E-state index contributed by atoms with van der Waals surface area (Å²) < 4.78 is 15.6. The molecule has 0 unspecified atom stereocenters. The number of aryl methyl sites for hydroxylation is 1. The third-order valence-electron chi connectivity index (χ3n) is 5.05. The Kier molecular flexibility index (Phi) is 10.2. The van der Waals surface area contributed by atoms with Crippen LogP contribution in [0.1, 0.15) is 49.5 Å². The number of benzene rings is 1. The maximum Gasteiger partial charge on any atom is 0.191 e. The van der Waals surface area contributed by atoms with Gasteiger partial charge < -0.3 is 15.2 Å². The van der Waals surface area contributed by atoms with E-state index >= 15 is 0 Å². The summed E-state index contributed by atoms with van der Waals surface area (Å²) in [6.07, 6.45) is 8.95. The number of halogens is 2. The number of hydrogen-bond donors (Lipinski definition) is 2. The van der Waals surface area contributed by atoms with E-state index in [-0.39, 0.29) is 29.8 Å². The van der Waals surface area contributed by atoms with Crippen molar-refractivity contribution in [1.29, 1.82) is 0 Å². The molecule has 0 atom stereocenters. The molecular formula is C20H30FIN6S. The molecule has 1 aromatic heterocycles. The molecule has 0 spiro atoms. The smallest absolute Gasteiger partial charge is 0.191 e. The fourth-order valence-corrected chi connectivity index (χ4v) is 4.23. The highest BCUT2D eigenvalue weighted by Crippen LogP contribution is 2.33. The number of hydrogen-bond acceptors (Lipinski definition) is 4. The monoisotopic (exact) mass is 532 g/mol. The van der Waals surface area contributed by atoms with Gasteiger partial charge in [0.25, 0.3) is 0 Å². The zero-order valence-electron chi connectivity index (χ0n) is 17.0. The van der Waals surface area contributed by atoms with E-state index in [1.807, 2.05) is 6.07 Å². The lowest BCUT2D eigenvalue weighted by Gasteiger charge is -2.16. The van der Waals surface area contributed by atoms with Gasteiger partial charge >= 0.3 is 0 Å². The number of nitrogens with one attached hydrogen (secondary N) is 2. The molecule has 0 saturated heterocycles. The van der Waals surface area contributed by atoms with Gasteiger partial charge in [0.15, 0.2) is 11.1 Å². The lowest BCUT2D eigenvalue weighted by Crippen LogP contribution is -2.37. The Morgan fingerprint density at radius 1 is 1.28 bits per heavy atom. The van der Waals surface area contributed by atoms with Crippen LogP contribution in [0.4, 0.5) is 4.39 Å². The summed E-state index contributed by atoms with van der Waals surface area (Å²) >= 11 is 1.67. The average molecular weight is 532 g/mol. The molecule has 0 radical (unpaired) electrons. The maximum atomic E-state index is 13.3. The molecular weight excluding hydrogens is 502 g/mol. The molecule has 2 N–H and O–H groups in total. The van der Waals surface area contributed by atoms with Crippen molar-refractivity contribution in [2.24, 2.45) is 4.99 Å². The molecule has 1 saturated carbocycles. The molecule has 1 aromatic carbocycles. The fourth-order valence-electron chi connectivity index (χ4n) is 3.65. The van der Waals surface area contributed by atoms with Gasteiger partial charge in [0.05, 0.1) is 0 Å². The zero-order chi connectivity index (χ0) is 19.8. The molecule has 160 valence electrons. The van der Waals surface area contributed by atoms with E-state index in [2.05, 4.69) is 36.6 Å². The first-order chi connectivity index (χ1) is 13.7. The summed E-state index contributed by atoms with van der Waals surface area (Å²) in [5, 5.41) is 16.4. The normalized spacial score (nSPS) is 14.7. The van der Waals surface area contributed by atoms with Crippen LogP contribution in [0.2, 0.25) is 0 Å². The molecule has 6 nitrogen and oxygen atoms in total. The Morgan fingerprint density at radius 2 is 2.07 bits per heavy atom. The van der Waals surface area contributed by atoms with Gasteiger partial charge in [-0.15, -0.1) is 34.2 Å². The van der Waals surface area contributed by atoms with Crippen LogP contribution < -0.4 is 10.6 Å². The highest BCUT2D eigenvalue weighted by atomic mass is 127. The highest BCUT2D eigenvalue weighted by molar-refractivity contribution is 14.0. The third kappa shape index (κ3) is 6.84. The summed E-state index contributed by atoms with van der Waals surface area (Å²) in [5.41, 5.74) is 0.886. The van der Waals surface area contributed by atoms with Crippen molar-refractivity contribution < 1.29 is 4.39 Å². The van der Waals surface area contributed by atoms with Crippen molar-refractivity contribution in [2.45, 2.75) is 56.3 Å². The van der Waals surface area contributed by atoms with Gasteiger partial charge in [-0.05, 0) is 43.2 Å². The van der Waals surface area contributed by atoms with E-state index in [1.54, 1.807) is 24.9 Å². The van der Waals surface area contributed by atoms with Crippen molar-refractivity contribution >= 4 is 41.7 Å². The number of aliphatic imine (C=N–C) groups is 1. The lowest BCUT2D eigenvalue weighted by atomic mass is 10.2. The van der Waals surface area contributed by atoms with Crippen LogP contribution in [-0.2, 0) is 13.0 Å². The van der Waals surface area contributed by atoms with Crippen molar-refractivity contribution in [3.8, 4) is 0 Å². The molecule has 29 heavy (non-hydrogen) atoms. The first-order valence-electron chi connectivity index (χ1n) is 9.88. The van der Waals surface area contributed by atoms with E-state index in [0.717, 1.165) is 35.9 Å². The first-order valence-corrected chi connectivity index (χ1v) is 11.1. The Labute approximate surface area is 193 Å². The van der Waals surface area contributed by atoms with Gasteiger partial charge in [-0.1, -0.05) is 36.7 Å². The fraction of sp³-hybridized carbons (Fsp3) is 0.550. The maximum absolute atomic E-state index is 13.3. The van der Waals surface area contributed by atoms with Crippen molar-refractivity contribution in [3.63, 3.8) is 0 Å². The number of nitrogens with zero attached hydrogens (tertiary/aromatic N) is 4. The van der Waals surface area contributed by atoms with Gasteiger partial charge in [0, 0.05) is 32.6 Å². The van der Waals surface area contributed by atoms with Crippen LogP contribution in [0.5, 0.6) is 0 Å². The van der Waals surface area contributed by atoms with Crippen LogP contribution in [-0.4, -0.2) is 40.6 Å². The van der Waals surface area contributed by atoms with Crippen LogP contribution in [0.3, 0.4) is 0 Å². The number of guanidine groups is 1. The molecule has 0 bridgehead atoms. The van der Waals surface area contributed by atoms with Gasteiger partial charge in [-0.25, -0.2) is 4.39 Å². The first kappa shape index (κ1) is 23.9. The average Bonchev–Trinajstić information content (AvgIpc) is 3.36. The van der Waals surface area contributed by atoms with Gasteiger partial charge in [0.1, 0.15) is 11.6 Å². The van der Waals surface area contributed by atoms with Crippen LogP contribution in [0.15, 0.2) is 34.4 Å². The minimum absolute atomic E-state index is 0. The standard InChI is InChI=1S/C20H29FN6S.HI/c1-22-19(24-14-15-7-5-8-16(21)13-15)23-12-6-11-18-25-26-20(28-2)27(18)17-9-3-4-10-17;/h5,7-8,13,17H,3-4,6,9-12,14H2,1-2H3,(H2,22,23,24);1H. The number of rotatable bonds is 8. The molecule has 1 fully saturated rings. The second-order valence-corrected chi connectivity index (χ2v) is 7.77. The molecule has 9 heteroatoms. The summed E-state index contributed by atoms with van der Waals surface area (Å²) in [5.74, 6) is 1.57. The third-order valence-corrected chi connectivity index (χ3v) is 5.69. The van der Waals surface area contributed by atoms with Crippen molar-refractivity contribution in [2.75, 3.05) is 19.8 Å². The SMILES string of the molecule is CN=C(NCCCc1nnc(SC)n1C1CCCC1)NCc1cccc(F)c1.I. The van der Waals surface area contributed by atoms with E-state index in [4.69, 9.17) is 0 Å². The van der Waals surface area contributed by atoms with Gasteiger partial charge in [0.2, 0.25) is 0 Å². The van der Waals surface area contributed by atoms with Crippen LogP contribution in [0.25, 0.3) is 0 Å². The minimum Gasteiger partial charge on any atom is -0.356 e. The Hall–Kier alpha value is -1.36. The molecule has 1 aliphatic carbocycles. The topological polar surface area (TPSA) is 67.1 Å². The van der Waals surface area contributed by atoms with E-state index < -0.39 is 0 Å². The Balaban J connectivity index is 0.00000300. The predicted molar refractivity (Wildman–Crippen MR) is 128 cm³/mol. The van der Waals surface area contributed by atoms with Crippen LogP contribution >= 0.6 is 35.7 Å². The largest absolute Gasteiger partial charge is 0.356 e. The molecule has 0 amide bonds. The summed E-state index contributed by atoms with van der Waals surface area (Å²) in [6.45, 7) is 1.32. The molecule has 1 aliphatic rings. The second-order valence-electron chi connectivity index (χ2n) is 7.00. The van der Waals surface area contributed by atoms with Crippen molar-refractivity contribution in [1.82, 2.24) is 25.4 Å². The second kappa shape index (κ2) is 12.4. The summed E-state index contributed by atoms with van der Waals surface area (Å²) in [7, 11) is 1.74. The number of aromatic nitrogens is 3. The Morgan fingerprint density at radius 3 is 2.76 bits per heavy atom. The molecule has 2 aromatic rings. The molecule has 3 rings (SSSR count). The number of thioether (sulfide) groups is 1. The van der Waals surface area contributed by atoms with Gasteiger partial charge in [-0.2, -0.15) is 0 Å². The quantitative estimate of drug-likeness (QED) is 0.176. The van der Waals surface area contributed by atoms with E-state index in [9.17, 15) is 4.39 Å². The van der Waals surface area contributed by atoms with Crippen molar-refractivity contribution in [3.05, 3.63) is 41.5 Å². The van der Waals surface area contributed by atoms with Crippen LogP contribution in [0, 0.1) is 5.82 Å². The summed E-state index contributed by atoms with van der Waals surface area (Å²) in [4.78, 5) is 4.23. The van der Waals surface area contributed by atoms with Gasteiger partial charge in [-0.3, -0.25) is 4.99 Å². The predicted octanol–water partition coefficient (Wildman–Crippen LogP) is 4.17.